The molecule has 0 saturated heterocycles. The molecule has 0 aromatic carbocycles. The Morgan fingerprint density at radius 1 is 0.938 bits per heavy atom. The number of allylic oxidation sites excluding steroid dienone is 8. The second-order valence-electron chi connectivity index (χ2n) is 5.02. The molecule has 0 N–H and O–H groups in total. The summed E-state index contributed by atoms with van der Waals surface area (Å²) in [6, 6.07) is 0. The molecule has 0 amide bonds. The Morgan fingerprint density at radius 2 is 1.38 bits per heavy atom. The van der Waals surface area contributed by atoms with E-state index in [-0.39, 0.29) is 0 Å². The molecule has 0 saturated carbocycles. The first-order chi connectivity index (χ1) is 7.58. The minimum absolute atomic E-state index is 1.23. The maximum atomic E-state index is 2.46. The van der Waals surface area contributed by atoms with Crippen molar-refractivity contribution in [3.63, 3.8) is 0 Å². The van der Waals surface area contributed by atoms with Crippen LogP contribution in [-0.2, 0) is 21.0 Å². The Bertz CT molecular complexity index is 426. The Balaban J connectivity index is 2.32. The van der Waals surface area contributed by atoms with Crippen LogP contribution in [0.4, 0.5) is 0 Å². The third-order valence-electron chi connectivity index (χ3n) is 3.23. The van der Waals surface area contributed by atoms with Crippen LogP contribution < -0.4 is 0 Å². The summed E-state index contributed by atoms with van der Waals surface area (Å²) < 4.78 is 5.31. The van der Waals surface area contributed by atoms with Gasteiger partial charge in [0.25, 0.3) is 0 Å². The van der Waals surface area contributed by atoms with E-state index in [4.69, 9.17) is 0 Å². The van der Waals surface area contributed by atoms with Gasteiger partial charge in [0.1, 0.15) is 0 Å². The van der Waals surface area contributed by atoms with Crippen molar-refractivity contribution >= 4 is 3.26 Å². The van der Waals surface area contributed by atoms with Crippen molar-refractivity contribution in [2.45, 2.75) is 40.5 Å². The molecule has 0 radical (unpaired) electrons. The van der Waals surface area contributed by atoms with Crippen molar-refractivity contribution in [2.75, 3.05) is 0 Å². The van der Waals surface area contributed by atoms with E-state index in [1.165, 1.54) is 24.0 Å². The van der Waals surface area contributed by atoms with Gasteiger partial charge in [0.15, 0.2) is 0 Å². The number of rotatable bonds is 2. The van der Waals surface area contributed by atoms with Crippen LogP contribution in [0.25, 0.3) is 0 Å². The first-order valence-electron chi connectivity index (χ1n) is 6.01. The summed E-state index contributed by atoms with van der Waals surface area (Å²) in [5.41, 5.74) is 2.95. The molecule has 0 aromatic rings. The zero-order valence-corrected chi connectivity index (χ0v) is 14.3. The van der Waals surface area contributed by atoms with Crippen LogP contribution in [0.1, 0.15) is 40.5 Å². The van der Waals surface area contributed by atoms with Gasteiger partial charge in [-0.05, 0) is 0 Å². The van der Waals surface area contributed by atoms with Crippen molar-refractivity contribution in [2.24, 2.45) is 0 Å². The zero-order valence-electron chi connectivity index (χ0n) is 10.7. The molecule has 84 valence electrons. The molecule has 0 heterocycles. The fourth-order valence-electron chi connectivity index (χ4n) is 2.52. The van der Waals surface area contributed by atoms with E-state index in [0.29, 0.717) is 0 Å². The van der Waals surface area contributed by atoms with Gasteiger partial charge in [-0.15, -0.1) is 0 Å². The standard InChI is InChI=1S/2C6H7.C3H6.Hf/c2*1-6-4-2-3-5-6;1-3-2;/h2*4-5H,2H2,1H3;1-2H3;. The Hall–Kier alpha value is -0.300. The summed E-state index contributed by atoms with van der Waals surface area (Å²) in [6.45, 7) is 9.16. The van der Waals surface area contributed by atoms with Gasteiger partial charge in [0.2, 0.25) is 0 Å². The van der Waals surface area contributed by atoms with E-state index in [1.54, 1.807) is 9.91 Å². The van der Waals surface area contributed by atoms with Gasteiger partial charge in [-0.25, -0.2) is 0 Å². The summed E-state index contributed by atoms with van der Waals surface area (Å²) in [5.74, 6) is 0. The molecule has 0 spiro atoms. The molecule has 2 aliphatic rings. The molecular weight excluding hydrogens is 359 g/mol. The molecule has 0 bridgehead atoms. The first-order valence-corrected chi connectivity index (χ1v) is 11.4. The van der Waals surface area contributed by atoms with E-state index < -0.39 is 21.0 Å². The Morgan fingerprint density at radius 3 is 1.62 bits per heavy atom. The molecule has 0 aromatic heterocycles. The first kappa shape index (κ1) is 12.2. The molecule has 0 fully saturated rings. The molecule has 0 aliphatic heterocycles. The normalized spacial score (nSPS) is 19.0. The van der Waals surface area contributed by atoms with E-state index >= 15 is 0 Å². The minimum atomic E-state index is -1.77. The van der Waals surface area contributed by atoms with Gasteiger partial charge in [-0.2, -0.15) is 0 Å². The average molecular weight is 379 g/mol. The topological polar surface area (TPSA) is 0 Å². The fraction of sp³-hybridized carbons (Fsp3) is 0.400. The van der Waals surface area contributed by atoms with Gasteiger partial charge < -0.3 is 0 Å². The van der Waals surface area contributed by atoms with Crippen LogP contribution in [0.5, 0.6) is 0 Å². The number of hydrogen-bond donors (Lipinski definition) is 0. The average Bonchev–Trinajstić information content (AvgIpc) is 2.76. The summed E-state index contributed by atoms with van der Waals surface area (Å²) in [4.78, 5) is 0. The molecule has 16 heavy (non-hydrogen) atoms. The molecule has 1 heteroatoms. The van der Waals surface area contributed by atoms with Gasteiger partial charge in [-0.1, -0.05) is 0 Å². The predicted octanol–water partition coefficient (Wildman–Crippen LogP) is 4.28. The molecule has 0 unspecified atom stereocenters. The summed E-state index contributed by atoms with van der Waals surface area (Å²) in [6.07, 6.45) is 12.2. The Kier molecular flexibility index (Phi) is 3.73. The van der Waals surface area contributed by atoms with Crippen molar-refractivity contribution in [1.82, 2.24) is 0 Å². The predicted molar refractivity (Wildman–Crippen MR) is 69.3 cm³/mol. The van der Waals surface area contributed by atoms with Crippen LogP contribution in [0.15, 0.2) is 42.1 Å². The van der Waals surface area contributed by atoms with Crippen LogP contribution in [-0.4, -0.2) is 3.26 Å². The summed E-state index contributed by atoms with van der Waals surface area (Å²) in [7, 11) is 0. The number of hydrogen-bond acceptors (Lipinski definition) is 0. The van der Waals surface area contributed by atoms with Gasteiger partial charge in [-0.3, -0.25) is 0 Å². The molecule has 0 atom stereocenters. The second kappa shape index (κ2) is 4.91. The van der Waals surface area contributed by atoms with Crippen molar-refractivity contribution in [1.29, 1.82) is 0 Å². The van der Waals surface area contributed by atoms with Gasteiger partial charge in [0.05, 0.1) is 0 Å². The van der Waals surface area contributed by atoms with Crippen molar-refractivity contribution in [3.8, 4) is 0 Å². The van der Waals surface area contributed by atoms with E-state index in [2.05, 4.69) is 52.0 Å². The van der Waals surface area contributed by atoms with E-state index in [0.717, 1.165) is 0 Å². The third kappa shape index (κ3) is 2.51. The Labute approximate surface area is 106 Å². The quantitative estimate of drug-likeness (QED) is 0.629. The monoisotopic (exact) mass is 380 g/mol. The third-order valence-corrected chi connectivity index (χ3v) is 13.9. The van der Waals surface area contributed by atoms with Crippen LogP contribution in [0.3, 0.4) is 0 Å². The van der Waals surface area contributed by atoms with Gasteiger partial charge in [0, 0.05) is 0 Å². The van der Waals surface area contributed by atoms with Gasteiger partial charge >= 0.3 is 107 Å². The molecule has 2 aliphatic carbocycles. The zero-order chi connectivity index (χ0) is 11.7. The van der Waals surface area contributed by atoms with Crippen LogP contribution >= 0.6 is 0 Å². The van der Waals surface area contributed by atoms with Crippen LogP contribution in [0, 0.1) is 0 Å². The fourth-order valence-corrected chi connectivity index (χ4v) is 13.5. The molecular formula is C15H20Hf. The van der Waals surface area contributed by atoms with E-state index in [1.807, 2.05) is 0 Å². The second-order valence-corrected chi connectivity index (χ2v) is 15.9. The van der Waals surface area contributed by atoms with Crippen molar-refractivity contribution in [3.05, 3.63) is 42.1 Å². The molecule has 2 rings (SSSR count). The SMILES string of the molecule is CC1=CC[C]([Hf]([C]2=CC(C)=CC2)=[C](C)C)=C1. The molecule has 0 nitrogen and oxygen atoms in total. The summed E-state index contributed by atoms with van der Waals surface area (Å²) >= 11 is -1.77. The van der Waals surface area contributed by atoms with Crippen molar-refractivity contribution < 1.29 is 21.0 Å². The maximum absolute atomic E-state index is 2.46. The van der Waals surface area contributed by atoms with E-state index in [9.17, 15) is 0 Å². The summed E-state index contributed by atoms with van der Waals surface area (Å²) in [5, 5.41) is 0. The van der Waals surface area contributed by atoms with Crippen LogP contribution in [0.2, 0.25) is 0 Å².